The third-order valence-electron chi connectivity index (χ3n) is 2.78. The van der Waals surface area contributed by atoms with Gasteiger partial charge in [-0.25, -0.2) is 0 Å². The lowest BCUT2D eigenvalue weighted by molar-refractivity contribution is -0.141. The molecule has 0 aliphatic heterocycles. The quantitative estimate of drug-likeness (QED) is 0.555. The van der Waals surface area contributed by atoms with E-state index in [1.807, 2.05) is 18.2 Å². The van der Waals surface area contributed by atoms with Crippen LogP contribution in [-0.2, 0) is 16.1 Å². The van der Waals surface area contributed by atoms with Gasteiger partial charge in [0.15, 0.2) is 11.5 Å². The van der Waals surface area contributed by atoms with E-state index in [-0.39, 0.29) is 19.0 Å². The Kier molecular flexibility index (Phi) is 7.50. The molecule has 0 radical (unpaired) electrons. The highest BCUT2D eigenvalue weighted by Gasteiger charge is 2.07. The lowest BCUT2D eigenvalue weighted by Gasteiger charge is -2.12. The average molecular weight is 281 g/mol. The van der Waals surface area contributed by atoms with Crippen molar-refractivity contribution < 1.29 is 19.0 Å². The first kappa shape index (κ1) is 16.3. The van der Waals surface area contributed by atoms with E-state index >= 15 is 0 Å². The van der Waals surface area contributed by atoms with E-state index in [0.29, 0.717) is 11.5 Å². The molecule has 0 atom stereocenters. The van der Waals surface area contributed by atoms with Crippen molar-refractivity contribution in [2.24, 2.45) is 0 Å². The molecule has 0 bridgehead atoms. The summed E-state index contributed by atoms with van der Waals surface area (Å²) in [6.07, 6.45) is 1.32. The second-order valence-corrected chi connectivity index (χ2v) is 4.34. The fraction of sp³-hybridized carbons (Fsp3) is 0.533. The van der Waals surface area contributed by atoms with Gasteiger partial charge in [-0.3, -0.25) is 4.79 Å². The minimum absolute atomic E-state index is 0.220. The summed E-state index contributed by atoms with van der Waals surface area (Å²) in [5.74, 6) is 1.02. The highest BCUT2D eigenvalue weighted by molar-refractivity contribution is 5.69. The van der Waals surface area contributed by atoms with Crippen molar-refractivity contribution in [3.63, 3.8) is 0 Å². The highest BCUT2D eigenvalue weighted by atomic mass is 16.5. The van der Waals surface area contributed by atoms with Crippen LogP contribution in [0.4, 0.5) is 0 Å². The van der Waals surface area contributed by atoms with E-state index in [4.69, 9.17) is 9.47 Å². The van der Waals surface area contributed by atoms with E-state index in [1.54, 1.807) is 7.11 Å². The maximum atomic E-state index is 11.1. The van der Waals surface area contributed by atoms with Gasteiger partial charge in [-0.05, 0) is 30.7 Å². The number of methoxy groups -OCH3 is 2. The monoisotopic (exact) mass is 281 g/mol. The minimum atomic E-state index is -0.287. The van der Waals surface area contributed by atoms with Gasteiger partial charge in [0.2, 0.25) is 0 Å². The summed E-state index contributed by atoms with van der Waals surface area (Å²) in [4.78, 5) is 11.1. The van der Waals surface area contributed by atoms with E-state index < -0.39 is 0 Å². The van der Waals surface area contributed by atoms with Crippen LogP contribution in [0.5, 0.6) is 11.5 Å². The summed E-state index contributed by atoms with van der Waals surface area (Å²) in [7, 11) is 2.96. The summed E-state index contributed by atoms with van der Waals surface area (Å²) in [6, 6.07) is 5.80. The Balaban J connectivity index is 2.60. The second kappa shape index (κ2) is 9.20. The first-order chi connectivity index (χ1) is 9.71. The Morgan fingerprint density at radius 3 is 2.70 bits per heavy atom. The molecule has 0 saturated carbocycles. The summed E-state index contributed by atoms with van der Waals surface area (Å²) >= 11 is 0. The van der Waals surface area contributed by atoms with E-state index in [2.05, 4.69) is 17.0 Å². The maximum Gasteiger partial charge on any atom is 0.308 e. The Morgan fingerprint density at radius 2 is 2.05 bits per heavy atom. The number of rotatable bonds is 9. The molecule has 1 aromatic rings. The van der Waals surface area contributed by atoms with Gasteiger partial charge in [0.1, 0.15) is 0 Å². The molecule has 0 saturated heterocycles. The number of hydrogen-bond acceptors (Lipinski definition) is 5. The summed E-state index contributed by atoms with van der Waals surface area (Å²) < 4.78 is 15.4. The zero-order valence-electron chi connectivity index (χ0n) is 12.4. The fourth-order valence-electron chi connectivity index (χ4n) is 1.70. The van der Waals surface area contributed by atoms with Gasteiger partial charge < -0.3 is 19.5 Å². The lowest BCUT2D eigenvalue weighted by Crippen LogP contribution is -2.14. The Morgan fingerprint density at radius 1 is 1.25 bits per heavy atom. The molecule has 5 heteroatoms. The van der Waals surface area contributed by atoms with Gasteiger partial charge in [-0.1, -0.05) is 13.0 Å². The normalized spacial score (nSPS) is 10.2. The Labute approximate surface area is 120 Å². The van der Waals surface area contributed by atoms with E-state index in [1.165, 1.54) is 7.11 Å². The zero-order chi connectivity index (χ0) is 14.8. The van der Waals surface area contributed by atoms with Gasteiger partial charge in [-0.15, -0.1) is 0 Å². The summed E-state index contributed by atoms with van der Waals surface area (Å²) in [5.41, 5.74) is 1.12. The molecule has 1 N–H and O–H groups in total. The predicted molar refractivity (Wildman–Crippen MR) is 77.1 cm³/mol. The smallest absolute Gasteiger partial charge is 0.308 e. The van der Waals surface area contributed by atoms with E-state index in [0.717, 1.165) is 25.1 Å². The molecule has 1 aromatic carbocycles. The average Bonchev–Trinajstić information content (AvgIpc) is 2.47. The molecular weight excluding hydrogens is 258 g/mol. The van der Waals surface area contributed by atoms with Gasteiger partial charge >= 0.3 is 5.97 Å². The lowest BCUT2D eigenvalue weighted by atomic mass is 10.2. The third-order valence-corrected chi connectivity index (χ3v) is 2.78. The molecule has 20 heavy (non-hydrogen) atoms. The van der Waals surface area contributed by atoms with Gasteiger partial charge in [-0.2, -0.15) is 0 Å². The molecule has 0 amide bonds. The van der Waals surface area contributed by atoms with Gasteiger partial charge in [0.25, 0.3) is 0 Å². The predicted octanol–water partition coefficient (Wildman–Crippen LogP) is 2.14. The topological polar surface area (TPSA) is 56.8 Å². The first-order valence-corrected chi connectivity index (χ1v) is 6.78. The van der Waals surface area contributed by atoms with Crippen LogP contribution in [0.15, 0.2) is 18.2 Å². The van der Waals surface area contributed by atoms with Crippen LogP contribution in [-0.4, -0.2) is 33.3 Å². The van der Waals surface area contributed by atoms with Crippen molar-refractivity contribution in [3.05, 3.63) is 23.8 Å². The fourth-order valence-corrected chi connectivity index (χ4v) is 1.70. The molecule has 0 spiro atoms. The summed E-state index contributed by atoms with van der Waals surface area (Å²) in [6.45, 7) is 4.16. The van der Waals surface area contributed by atoms with Crippen LogP contribution < -0.4 is 14.8 Å². The zero-order valence-corrected chi connectivity index (χ0v) is 12.4. The number of carbonyl (C=O) groups is 1. The van der Waals surface area contributed by atoms with Crippen molar-refractivity contribution in [1.29, 1.82) is 0 Å². The molecule has 0 heterocycles. The minimum Gasteiger partial charge on any atom is -0.493 e. The number of ether oxygens (including phenoxy) is 3. The van der Waals surface area contributed by atoms with Gasteiger partial charge in [0.05, 0.1) is 27.2 Å². The highest BCUT2D eigenvalue weighted by Crippen LogP contribution is 2.28. The van der Waals surface area contributed by atoms with Gasteiger partial charge in [0, 0.05) is 6.54 Å². The molecule has 0 unspecified atom stereocenters. The van der Waals surface area contributed by atoms with Crippen LogP contribution >= 0.6 is 0 Å². The largest absolute Gasteiger partial charge is 0.493 e. The molecule has 0 aliphatic carbocycles. The summed E-state index contributed by atoms with van der Waals surface area (Å²) in [5, 5.41) is 3.33. The van der Waals surface area contributed by atoms with Crippen molar-refractivity contribution >= 4 is 5.97 Å². The van der Waals surface area contributed by atoms with Crippen molar-refractivity contribution in [2.45, 2.75) is 26.3 Å². The SMILES string of the molecule is CCCNCc1ccc(OC)c(OCCC(=O)OC)c1. The van der Waals surface area contributed by atoms with Crippen molar-refractivity contribution in [3.8, 4) is 11.5 Å². The molecule has 5 nitrogen and oxygen atoms in total. The third kappa shape index (κ3) is 5.48. The number of esters is 1. The standard InChI is InChI=1S/C15H23NO4/c1-4-8-16-11-12-5-6-13(18-2)14(10-12)20-9-7-15(17)19-3/h5-6,10,16H,4,7-9,11H2,1-3H3. The molecular formula is C15H23NO4. The number of carbonyl (C=O) groups excluding carboxylic acids is 1. The maximum absolute atomic E-state index is 11.1. The van der Waals surface area contributed by atoms with E-state index in [9.17, 15) is 4.79 Å². The van der Waals surface area contributed by atoms with Crippen LogP contribution in [0.1, 0.15) is 25.3 Å². The Bertz CT molecular complexity index is 420. The second-order valence-electron chi connectivity index (χ2n) is 4.34. The Hall–Kier alpha value is -1.75. The molecule has 0 aliphatic rings. The molecule has 0 fully saturated rings. The van der Waals surface area contributed by atoms with Crippen molar-refractivity contribution in [2.75, 3.05) is 27.4 Å². The first-order valence-electron chi connectivity index (χ1n) is 6.78. The van der Waals surface area contributed by atoms with Crippen LogP contribution in [0.3, 0.4) is 0 Å². The molecule has 0 aromatic heterocycles. The molecule has 1 rings (SSSR count). The number of hydrogen-bond donors (Lipinski definition) is 1. The number of nitrogens with one attached hydrogen (secondary N) is 1. The van der Waals surface area contributed by atoms with Crippen molar-refractivity contribution in [1.82, 2.24) is 5.32 Å². The molecule has 112 valence electrons. The van der Waals surface area contributed by atoms with Crippen LogP contribution in [0.2, 0.25) is 0 Å². The van der Waals surface area contributed by atoms with Crippen LogP contribution in [0, 0.1) is 0 Å². The van der Waals surface area contributed by atoms with Crippen LogP contribution in [0.25, 0.3) is 0 Å². The number of benzene rings is 1.